The first-order chi connectivity index (χ1) is 7.66. The summed E-state index contributed by atoms with van der Waals surface area (Å²) < 4.78 is 0. The van der Waals surface area contributed by atoms with Gasteiger partial charge in [0.05, 0.1) is 0 Å². The predicted molar refractivity (Wildman–Crippen MR) is 69.3 cm³/mol. The van der Waals surface area contributed by atoms with Gasteiger partial charge in [-0.15, -0.1) is 0 Å². The summed E-state index contributed by atoms with van der Waals surface area (Å²) in [5.74, 6) is 0.722. The molecular formula is C14H20N2. The molecule has 0 unspecified atom stereocenters. The van der Waals surface area contributed by atoms with E-state index < -0.39 is 0 Å². The van der Waals surface area contributed by atoms with Crippen molar-refractivity contribution in [2.45, 2.75) is 32.7 Å². The molecule has 2 nitrogen and oxygen atoms in total. The Kier molecular flexibility index (Phi) is 3.30. The van der Waals surface area contributed by atoms with Crippen LogP contribution >= 0.6 is 0 Å². The summed E-state index contributed by atoms with van der Waals surface area (Å²) in [7, 11) is 0. The summed E-state index contributed by atoms with van der Waals surface area (Å²) >= 11 is 0. The lowest BCUT2D eigenvalue weighted by molar-refractivity contribution is 0.507. The monoisotopic (exact) mass is 216 g/mol. The molecule has 1 aromatic carbocycles. The Bertz CT molecular complexity index is 456. The van der Waals surface area contributed by atoms with Gasteiger partial charge < -0.3 is 10.7 Å². The summed E-state index contributed by atoms with van der Waals surface area (Å²) in [6, 6.07) is 8.69. The zero-order chi connectivity index (χ0) is 11.5. The average Bonchev–Trinajstić information content (AvgIpc) is 2.72. The van der Waals surface area contributed by atoms with Crippen molar-refractivity contribution >= 4 is 10.9 Å². The topological polar surface area (TPSA) is 41.8 Å². The number of H-pyrrole nitrogens is 1. The van der Waals surface area contributed by atoms with Gasteiger partial charge in [0.15, 0.2) is 0 Å². The highest BCUT2D eigenvalue weighted by Gasteiger charge is 2.07. The van der Waals surface area contributed by atoms with Crippen LogP contribution in [0.3, 0.4) is 0 Å². The minimum atomic E-state index is 0.162. The Labute approximate surface area is 96.9 Å². The summed E-state index contributed by atoms with van der Waals surface area (Å²) in [5.41, 5.74) is 8.60. The normalized spacial score (nSPS) is 13.5. The average molecular weight is 216 g/mol. The number of hydrogen-bond acceptors (Lipinski definition) is 1. The summed E-state index contributed by atoms with van der Waals surface area (Å²) in [6.07, 6.45) is 4.21. The molecule has 0 aliphatic rings. The molecule has 1 aromatic heterocycles. The number of rotatable bonds is 4. The fourth-order valence-corrected chi connectivity index (χ4v) is 1.98. The largest absolute Gasteiger partial charge is 0.361 e. The van der Waals surface area contributed by atoms with E-state index in [4.69, 9.17) is 5.73 Å². The van der Waals surface area contributed by atoms with Gasteiger partial charge in [-0.25, -0.2) is 0 Å². The second kappa shape index (κ2) is 4.71. The lowest BCUT2D eigenvalue weighted by Gasteiger charge is -2.13. The SMILES string of the molecule is CC(C)CC[C@H](N)c1ccc2cc[nH]c2c1. The lowest BCUT2D eigenvalue weighted by atomic mass is 9.98. The van der Waals surface area contributed by atoms with Crippen molar-refractivity contribution in [2.24, 2.45) is 11.7 Å². The third kappa shape index (κ3) is 2.45. The van der Waals surface area contributed by atoms with Gasteiger partial charge in [-0.1, -0.05) is 26.0 Å². The number of aromatic nitrogens is 1. The van der Waals surface area contributed by atoms with Gasteiger partial charge in [-0.05, 0) is 41.8 Å². The van der Waals surface area contributed by atoms with Gasteiger partial charge >= 0.3 is 0 Å². The third-order valence-corrected chi connectivity index (χ3v) is 3.06. The molecule has 0 saturated heterocycles. The van der Waals surface area contributed by atoms with Crippen molar-refractivity contribution in [2.75, 3.05) is 0 Å². The molecule has 0 aliphatic carbocycles. The molecule has 0 amide bonds. The summed E-state index contributed by atoms with van der Waals surface area (Å²) in [5, 5.41) is 1.25. The first-order valence-electron chi connectivity index (χ1n) is 5.99. The van der Waals surface area contributed by atoms with E-state index in [-0.39, 0.29) is 6.04 Å². The Morgan fingerprint density at radius 1 is 1.19 bits per heavy atom. The first kappa shape index (κ1) is 11.2. The number of nitrogens with one attached hydrogen (secondary N) is 1. The molecule has 0 bridgehead atoms. The van der Waals surface area contributed by atoms with Crippen molar-refractivity contribution in [3.05, 3.63) is 36.0 Å². The maximum absolute atomic E-state index is 6.19. The lowest BCUT2D eigenvalue weighted by Crippen LogP contribution is -2.11. The van der Waals surface area contributed by atoms with E-state index in [1.165, 1.54) is 22.9 Å². The number of fused-ring (bicyclic) bond motifs is 1. The summed E-state index contributed by atoms with van der Waals surface area (Å²) in [4.78, 5) is 3.22. The Hall–Kier alpha value is -1.28. The molecule has 2 rings (SSSR count). The van der Waals surface area contributed by atoms with Crippen molar-refractivity contribution in [3.8, 4) is 0 Å². The van der Waals surface area contributed by atoms with E-state index in [1.807, 2.05) is 6.20 Å². The second-order valence-corrected chi connectivity index (χ2v) is 4.90. The van der Waals surface area contributed by atoms with Gasteiger partial charge in [0.1, 0.15) is 0 Å². The van der Waals surface area contributed by atoms with E-state index in [9.17, 15) is 0 Å². The highest BCUT2D eigenvalue weighted by molar-refractivity contribution is 5.79. The van der Waals surface area contributed by atoms with Crippen LogP contribution in [0.1, 0.15) is 38.3 Å². The molecule has 0 radical (unpaired) electrons. The molecule has 0 spiro atoms. The van der Waals surface area contributed by atoms with E-state index in [1.54, 1.807) is 0 Å². The maximum Gasteiger partial charge on any atom is 0.0457 e. The molecule has 86 valence electrons. The molecule has 16 heavy (non-hydrogen) atoms. The Morgan fingerprint density at radius 3 is 2.75 bits per heavy atom. The third-order valence-electron chi connectivity index (χ3n) is 3.06. The van der Waals surface area contributed by atoms with Crippen LogP contribution in [-0.4, -0.2) is 4.98 Å². The van der Waals surface area contributed by atoms with Gasteiger partial charge in [0.25, 0.3) is 0 Å². The van der Waals surface area contributed by atoms with Crippen LogP contribution in [0.2, 0.25) is 0 Å². The molecular weight excluding hydrogens is 196 g/mol. The minimum absolute atomic E-state index is 0.162. The van der Waals surface area contributed by atoms with Crippen LogP contribution in [0.15, 0.2) is 30.5 Å². The van der Waals surface area contributed by atoms with Crippen molar-refractivity contribution in [3.63, 3.8) is 0 Å². The van der Waals surface area contributed by atoms with Crippen LogP contribution in [0.4, 0.5) is 0 Å². The van der Waals surface area contributed by atoms with Crippen molar-refractivity contribution in [1.29, 1.82) is 0 Å². The van der Waals surface area contributed by atoms with Gasteiger partial charge in [-0.2, -0.15) is 0 Å². The first-order valence-corrected chi connectivity index (χ1v) is 5.99. The number of nitrogens with two attached hydrogens (primary N) is 1. The second-order valence-electron chi connectivity index (χ2n) is 4.90. The van der Waals surface area contributed by atoms with E-state index in [0.717, 1.165) is 12.3 Å². The molecule has 1 heterocycles. The molecule has 0 saturated carbocycles. The van der Waals surface area contributed by atoms with Gasteiger partial charge in [0, 0.05) is 17.8 Å². The van der Waals surface area contributed by atoms with Gasteiger partial charge in [0.2, 0.25) is 0 Å². The smallest absolute Gasteiger partial charge is 0.0457 e. The molecule has 2 heteroatoms. The van der Waals surface area contributed by atoms with Gasteiger partial charge in [-0.3, -0.25) is 0 Å². The highest BCUT2D eigenvalue weighted by Crippen LogP contribution is 2.22. The predicted octanol–water partition coefficient (Wildman–Crippen LogP) is 3.60. The fourth-order valence-electron chi connectivity index (χ4n) is 1.98. The standard InChI is InChI=1S/C14H20N2/c1-10(2)3-6-13(15)12-5-4-11-7-8-16-14(11)9-12/h4-5,7-10,13,16H,3,6,15H2,1-2H3/t13-/m0/s1. The molecule has 0 fully saturated rings. The van der Waals surface area contributed by atoms with Crippen molar-refractivity contribution < 1.29 is 0 Å². The Balaban J connectivity index is 2.12. The van der Waals surface area contributed by atoms with Crippen molar-refractivity contribution in [1.82, 2.24) is 4.98 Å². The zero-order valence-corrected chi connectivity index (χ0v) is 10.0. The number of aromatic amines is 1. The quantitative estimate of drug-likeness (QED) is 0.805. The number of hydrogen-bond donors (Lipinski definition) is 2. The maximum atomic E-state index is 6.19. The highest BCUT2D eigenvalue weighted by atomic mass is 14.7. The van der Waals surface area contributed by atoms with Crippen LogP contribution in [0.25, 0.3) is 10.9 Å². The van der Waals surface area contributed by atoms with Crippen LogP contribution in [0.5, 0.6) is 0 Å². The zero-order valence-electron chi connectivity index (χ0n) is 10.0. The molecule has 0 aliphatic heterocycles. The van der Waals surface area contributed by atoms with E-state index in [2.05, 4.69) is 43.1 Å². The Morgan fingerprint density at radius 2 is 2.00 bits per heavy atom. The van der Waals surface area contributed by atoms with Crippen LogP contribution in [-0.2, 0) is 0 Å². The number of benzene rings is 1. The van der Waals surface area contributed by atoms with E-state index >= 15 is 0 Å². The fraction of sp³-hybridized carbons (Fsp3) is 0.429. The van der Waals surface area contributed by atoms with Crippen LogP contribution < -0.4 is 5.73 Å². The van der Waals surface area contributed by atoms with Crippen LogP contribution in [0, 0.1) is 5.92 Å². The molecule has 2 aromatic rings. The minimum Gasteiger partial charge on any atom is -0.361 e. The van der Waals surface area contributed by atoms with E-state index in [0.29, 0.717) is 0 Å². The molecule has 1 atom stereocenters. The summed E-state index contributed by atoms with van der Waals surface area (Å²) in [6.45, 7) is 4.47. The molecule has 3 N–H and O–H groups in total.